The zero-order valence-electron chi connectivity index (χ0n) is 8.30. The first kappa shape index (κ1) is 12.2. The highest BCUT2D eigenvalue weighted by atomic mass is 32.2. The van der Waals surface area contributed by atoms with E-state index in [2.05, 4.69) is 4.98 Å². The van der Waals surface area contributed by atoms with Crippen molar-refractivity contribution in [3.8, 4) is 0 Å². The molecule has 15 heavy (non-hydrogen) atoms. The number of nitrogens with zero attached hydrogens (tertiary/aromatic N) is 1. The molecule has 0 aliphatic carbocycles. The molecule has 0 spiro atoms. The van der Waals surface area contributed by atoms with Crippen LogP contribution in [0.3, 0.4) is 0 Å². The average Bonchev–Trinajstić information content (AvgIpc) is 2.15. The Bertz CT molecular complexity index is 359. The molecule has 2 atom stereocenters. The van der Waals surface area contributed by atoms with E-state index in [1.807, 2.05) is 0 Å². The van der Waals surface area contributed by atoms with E-state index in [9.17, 15) is 13.2 Å². The van der Waals surface area contributed by atoms with Gasteiger partial charge >= 0.3 is 6.18 Å². The van der Waals surface area contributed by atoms with Gasteiger partial charge in [0, 0.05) is 11.4 Å². The maximum atomic E-state index is 12.2. The molecule has 0 aromatic carbocycles. The van der Waals surface area contributed by atoms with Crippen LogP contribution in [0.4, 0.5) is 13.2 Å². The second kappa shape index (κ2) is 4.30. The normalized spacial score (nSPS) is 16.1. The van der Waals surface area contributed by atoms with Crippen LogP contribution in [0.2, 0.25) is 0 Å². The van der Waals surface area contributed by atoms with Gasteiger partial charge < -0.3 is 0 Å². The maximum Gasteiger partial charge on any atom is 0.433 e. The Kier molecular flexibility index (Phi) is 3.49. The second-order valence-electron chi connectivity index (χ2n) is 3.17. The molecule has 1 heterocycles. The van der Waals surface area contributed by atoms with Gasteiger partial charge in [0.05, 0.1) is 0 Å². The van der Waals surface area contributed by atoms with Crippen LogP contribution in [0.1, 0.15) is 23.4 Å². The van der Waals surface area contributed by atoms with Gasteiger partial charge in [-0.05, 0) is 24.8 Å². The van der Waals surface area contributed by atoms with Gasteiger partial charge in [-0.2, -0.15) is 13.2 Å². The SMILES string of the molecule is CC(c1ccc(C(F)(F)F)nc1)S(C)=N. The second-order valence-corrected chi connectivity index (χ2v) is 5.00. The van der Waals surface area contributed by atoms with E-state index in [0.717, 1.165) is 6.07 Å². The molecular formula is C9H11F3N2S. The molecule has 84 valence electrons. The summed E-state index contributed by atoms with van der Waals surface area (Å²) in [6.45, 7) is 1.81. The van der Waals surface area contributed by atoms with Crippen molar-refractivity contribution in [1.29, 1.82) is 4.78 Å². The van der Waals surface area contributed by atoms with Gasteiger partial charge in [-0.15, -0.1) is 10.7 Å². The Morgan fingerprint density at radius 3 is 2.33 bits per heavy atom. The predicted molar refractivity (Wildman–Crippen MR) is 53.7 cm³/mol. The number of pyridine rings is 1. The lowest BCUT2D eigenvalue weighted by molar-refractivity contribution is -0.141. The lowest BCUT2D eigenvalue weighted by Crippen LogP contribution is -2.08. The Morgan fingerprint density at radius 2 is 2.00 bits per heavy atom. The standard InChI is InChI=1S/C9H11F3N2S/c1-6(15(2)13)7-3-4-8(14-5-7)9(10,11)12/h3-6,13H,1-2H3. The van der Waals surface area contributed by atoms with E-state index in [4.69, 9.17) is 4.78 Å². The fraction of sp³-hybridized carbons (Fsp3) is 0.444. The van der Waals surface area contributed by atoms with Crippen LogP contribution in [0.15, 0.2) is 18.3 Å². The summed E-state index contributed by atoms with van der Waals surface area (Å²) < 4.78 is 44.0. The average molecular weight is 236 g/mol. The van der Waals surface area contributed by atoms with Gasteiger partial charge in [-0.25, -0.2) is 0 Å². The Balaban J connectivity index is 2.95. The van der Waals surface area contributed by atoms with E-state index in [1.54, 1.807) is 13.2 Å². The zero-order valence-corrected chi connectivity index (χ0v) is 9.12. The van der Waals surface area contributed by atoms with Crippen molar-refractivity contribution in [2.75, 3.05) is 6.26 Å². The third-order valence-corrected chi connectivity index (χ3v) is 3.41. The summed E-state index contributed by atoms with van der Waals surface area (Å²) in [5.41, 5.74) is -0.219. The molecule has 0 aliphatic heterocycles. The van der Waals surface area contributed by atoms with Crippen LogP contribution in [-0.4, -0.2) is 11.2 Å². The molecule has 1 aromatic rings. The number of hydrogen-bond donors (Lipinski definition) is 1. The molecule has 1 N–H and O–H groups in total. The van der Waals surface area contributed by atoms with Crippen LogP contribution < -0.4 is 0 Å². The summed E-state index contributed by atoms with van der Waals surface area (Å²) in [5.74, 6) is 0. The molecule has 0 saturated heterocycles. The molecule has 1 rings (SSSR count). The number of alkyl halides is 3. The van der Waals surface area contributed by atoms with Gasteiger partial charge in [0.25, 0.3) is 0 Å². The third-order valence-electron chi connectivity index (χ3n) is 2.08. The van der Waals surface area contributed by atoms with E-state index < -0.39 is 22.6 Å². The topological polar surface area (TPSA) is 36.7 Å². The minimum absolute atomic E-state index is 0.0835. The molecule has 0 bridgehead atoms. The first-order valence-corrected chi connectivity index (χ1v) is 5.91. The van der Waals surface area contributed by atoms with Crippen molar-refractivity contribution < 1.29 is 13.2 Å². The minimum atomic E-state index is -4.39. The van der Waals surface area contributed by atoms with Crippen molar-refractivity contribution in [1.82, 2.24) is 4.98 Å². The molecule has 2 unspecified atom stereocenters. The fourth-order valence-electron chi connectivity index (χ4n) is 1.02. The van der Waals surface area contributed by atoms with E-state index in [1.165, 1.54) is 12.3 Å². The van der Waals surface area contributed by atoms with Crippen LogP contribution in [0.25, 0.3) is 0 Å². The smallest absolute Gasteiger partial charge is 0.280 e. The summed E-state index contributed by atoms with van der Waals surface area (Å²) in [4.78, 5) is 3.35. The molecule has 0 radical (unpaired) electrons. The molecule has 0 saturated carbocycles. The Morgan fingerprint density at radius 1 is 1.40 bits per heavy atom. The molecular weight excluding hydrogens is 225 g/mol. The number of halogens is 3. The first-order chi connectivity index (χ1) is 6.82. The third kappa shape index (κ3) is 3.02. The van der Waals surface area contributed by atoms with Crippen molar-refractivity contribution >= 4 is 10.7 Å². The molecule has 1 aromatic heterocycles. The number of nitrogens with one attached hydrogen (secondary N) is 1. The summed E-state index contributed by atoms with van der Waals surface area (Å²) >= 11 is 0. The van der Waals surface area contributed by atoms with E-state index in [0.29, 0.717) is 5.56 Å². The number of hydrogen-bond acceptors (Lipinski definition) is 2. The highest BCUT2D eigenvalue weighted by Crippen LogP contribution is 2.28. The lowest BCUT2D eigenvalue weighted by Gasteiger charge is -2.11. The van der Waals surface area contributed by atoms with E-state index in [-0.39, 0.29) is 5.25 Å². The van der Waals surface area contributed by atoms with Gasteiger partial charge in [0.15, 0.2) is 0 Å². The van der Waals surface area contributed by atoms with Crippen molar-refractivity contribution in [2.45, 2.75) is 18.3 Å². The Hall–Kier alpha value is -0.910. The number of aromatic nitrogens is 1. The van der Waals surface area contributed by atoms with Crippen molar-refractivity contribution in [3.05, 3.63) is 29.6 Å². The van der Waals surface area contributed by atoms with Gasteiger partial charge in [-0.1, -0.05) is 6.07 Å². The van der Waals surface area contributed by atoms with Gasteiger partial charge in [0.1, 0.15) is 5.69 Å². The molecule has 0 amide bonds. The maximum absolute atomic E-state index is 12.2. The van der Waals surface area contributed by atoms with Gasteiger partial charge in [0.2, 0.25) is 0 Å². The van der Waals surface area contributed by atoms with Crippen LogP contribution in [-0.2, 0) is 16.9 Å². The zero-order chi connectivity index (χ0) is 11.6. The fourth-order valence-corrected chi connectivity index (χ4v) is 1.57. The first-order valence-electron chi connectivity index (χ1n) is 4.21. The molecule has 6 heteroatoms. The van der Waals surface area contributed by atoms with Crippen LogP contribution in [0, 0.1) is 4.78 Å². The minimum Gasteiger partial charge on any atom is -0.280 e. The van der Waals surface area contributed by atoms with Crippen molar-refractivity contribution in [2.24, 2.45) is 0 Å². The molecule has 2 nitrogen and oxygen atoms in total. The van der Waals surface area contributed by atoms with Crippen molar-refractivity contribution in [3.63, 3.8) is 0 Å². The summed E-state index contributed by atoms with van der Waals surface area (Å²) in [6.07, 6.45) is -1.47. The molecule has 0 fully saturated rings. The lowest BCUT2D eigenvalue weighted by atomic mass is 10.2. The van der Waals surface area contributed by atoms with E-state index >= 15 is 0 Å². The number of rotatable bonds is 2. The summed E-state index contributed by atoms with van der Waals surface area (Å²) in [6, 6.07) is 2.34. The summed E-state index contributed by atoms with van der Waals surface area (Å²) in [5, 5.41) is -0.0835. The quantitative estimate of drug-likeness (QED) is 0.841. The van der Waals surface area contributed by atoms with Gasteiger partial charge in [-0.3, -0.25) is 9.76 Å². The highest BCUT2D eigenvalue weighted by Gasteiger charge is 2.32. The monoisotopic (exact) mass is 236 g/mol. The predicted octanol–water partition coefficient (Wildman–Crippen LogP) is 3.17. The highest BCUT2D eigenvalue weighted by molar-refractivity contribution is 7.85. The Labute approximate surface area is 88.4 Å². The molecule has 0 aliphatic rings. The van der Waals surface area contributed by atoms with Crippen LogP contribution in [0.5, 0.6) is 0 Å². The van der Waals surface area contributed by atoms with Crippen LogP contribution >= 0.6 is 0 Å². The largest absolute Gasteiger partial charge is 0.433 e. The summed E-state index contributed by atoms with van der Waals surface area (Å²) in [7, 11) is -0.610.